The van der Waals surface area contributed by atoms with E-state index >= 15 is 0 Å². The Morgan fingerprint density at radius 3 is 2.50 bits per heavy atom. The van der Waals surface area contributed by atoms with Crippen LogP contribution < -0.4 is 20.5 Å². The fourth-order valence-electron chi connectivity index (χ4n) is 1.87. The Labute approximate surface area is 129 Å². The first-order valence-corrected chi connectivity index (χ1v) is 6.69. The third kappa shape index (κ3) is 4.02. The molecule has 114 valence electrons. The molecule has 0 aliphatic rings. The molecule has 0 aliphatic carbocycles. The highest BCUT2D eigenvalue weighted by Gasteiger charge is 2.04. The maximum absolute atomic E-state index is 11.9. The number of nitrogens with one attached hydrogen (secondary N) is 1. The average Bonchev–Trinajstić information content (AvgIpc) is 2.55. The molecule has 1 amide bonds. The Bertz CT molecular complexity index is 696. The number of nitrogen functional groups attached to an aromatic ring is 1. The van der Waals surface area contributed by atoms with Crippen LogP contribution >= 0.6 is 0 Å². The Balaban J connectivity index is 2.04. The van der Waals surface area contributed by atoms with Gasteiger partial charge in [-0.1, -0.05) is 12.1 Å². The normalized spacial score (nSPS) is 10.5. The maximum Gasteiger partial charge on any atom is 0.248 e. The van der Waals surface area contributed by atoms with Crippen molar-refractivity contribution in [3.63, 3.8) is 0 Å². The Morgan fingerprint density at radius 2 is 1.82 bits per heavy atom. The first-order chi connectivity index (χ1) is 10.6. The zero-order valence-corrected chi connectivity index (χ0v) is 12.5. The molecule has 0 radical (unpaired) electrons. The van der Waals surface area contributed by atoms with Gasteiger partial charge in [-0.15, -0.1) is 0 Å². The van der Waals surface area contributed by atoms with Crippen molar-refractivity contribution < 1.29 is 14.3 Å². The van der Waals surface area contributed by atoms with E-state index in [9.17, 15) is 4.79 Å². The van der Waals surface area contributed by atoms with Gasteiger partial charge < -0.3 is 20.5 Å². The van der Waals surface area contributed by atoms with E-state index in [1.807, 2.05) is 24.3 Å². The second-order valence-electron chi connectivity index (χ2n) is 4.55. The average molecular weight is 298 g/mol. The highest BCUT2D eigenvalue weighted by molar-refractivity contribution is 6.03. The van der Waals surface area contributed by atoms with Crippen LogP contribution in [-0.4, -0.2) is 20.1 Å². The smallest absolute Gasteiger partial charge is 0.248 e. The van der Waals surface area contributed by atoms with Crippen LogP contribution in [0.2, 0.25) is 0 Å². The molecule has 5 nitrogen and oxygen atoms in total. The monoisotopic (exact) mass is 298 g/mol. The van der Waals surface area contributed by atoms with Crippen molar-refractivity contribution in [1.82, 2.24) is 0 Å². The molecule has 22 heavy (non-hydrogen) atoms. The van der Waals surface area contributed by atoms with Crippen LogP contribution in [0.4, 0.5) is 11.4 Å². The summed E-state index contributed by atoms with van der Waals surface area (Å²) in [6.45, 7) is 0. The van der Waals surface area contributed by atoms with Crippen molar-refractivity contribution in [3.05, 3.63) is 54.1 Å². The van der Waals surface area contributed by atoms with Crippen LogP contribution in [0.5, 0.6) is 11.5 Å². The summed E-state index contributed by atoms with van der Waals surface area (Å²) in [5.74, 6) is 1.11. The highest BCUT2D eigenvalue weighted by atomic mass is 16.5. The summed E-state index contributed by atoms with van der Waals surface area (Å²) in [6, 6.07) is 12.5. The summed E-state index contributed by atoms with van der Waals surface area (Å²) < 4.78 is 10.2. The second kappa shape index (κ2) is 7.17. The van der Waals surface area contributed by atoms with Crippen molar-refractivity contribution in [2.45, 2.75) is 0 Å². The van der Waals surface area contributed by atoms with Gasteiger partial charge in [0.15, 0.2) is 0 Å². The van der Waals surface area contributed by atoms with Crippen LogP contribution in [0.1, 0.15) is 5.56 Å². The van der Waals surface area contributed by atoms with Gasteiger partial charge in [-0.05, 0) is 35.9 Å². The van der Waals surface area contributed by atoms with E-state index < -0.39 is 0 Å². The minimum Gasteiger partial charge on any atom is -0.497 e. The Kier molecular flexibility index (Phi) is 5.03. The molecule has 2 aromatic rings. The molecule has 0 saturated heterocycles. The van der Waals surface area contributed by atoms with E-state index in [1.165, 1.54) is 6.08 Å². The topological polar surface area (TPSA) is 73.6 Å². The van der Waals surface area contributed by atoms with E-state index in [4.69, 9.17) is 15.2 Å². The number of hydrogen-bond donors (Lipinski definition) is 2. The number of rotatable bonds is 5. The fraction of sp³-hybridized carbons (Fsp3) is 0.118. The van der Waals surface area contributed by atoms with Crippen LogP contribution in [0.25, 0.3) is 6.08 Å². The van der Waals surface area contributed by atoms with Crippen molar-refractivity contribution in [1.29, 1.82) is 0 Å². The van der Waals surface area contributed by atoms with Crippen molar-refractivity contribution >= 4 is 23.4 Å². The zero-order valence-electron chi connectivity index (χ0n) is 12.5. The molecule has 0 spiro atoms. The molecular formula is C17H18N2O3. The molecular weight excluding hydrogens is 280 g/mol. The molecule has 0 atom stereocenters. The van der Waals surface area contributed by atoms with Gasteiger partial charge >= 0.3 is 0 Å². The molecule has 0 fully saturated rings. The molecule has 0 heterocycles. The fourth-order valence-corrected chi connectivity index (χ4v) is 1.87. The molecule has 3 N–H and O–H groups in total. The Hall–Kier alpha value is -2.95. The van der Waals surface area contributed by atoms with E-state index in [0.717, 1.165) is 11.3 Å². The molecule has 0 unspecified atom stereocenters. The number of ether oxygens (including phenoxy) is 2. The minimum atomic E-state index is -0.264. The number of amides is 1. The quantitative estimate of drug-likeness (QED) is 0.657. The van der Waals surface area contributed by atoms with Crippen molar-refractivity contribution in [2.24, 2.45) is 0 Å². The van der Waals surface area contributed by atoms with Gasteiger partial charge in [0.05, 0.1) is 25.6 Å². The molecule has 0 bridgehead atoms. The number of anilines is 2. The second-order valence-corrected chi connectivity index (χ2v) is 4.55. The lowest BCUT2D eigenvalue weighted by atomic mass is 10.2. The summed E-state index contributed by atoms with van der Waals surface area (Å²) in [4.78, 5) is 11.9. The van der Waals surface area contributed by atoms with Gasteiger partial charge in [0.1, 0.15) is 11.5 Å². The molecule has 5 heteroatoms. The minimum absolute atomic E-state index is 0.264. The number of carbonyl (C=O) groups excluding carboxylic acids is 1. The summed E-state index contributed by atoms with van der Waals surface area (Å²) in [5, 5.41) is 2.72. The summed E-state index contributed by atoms with van der Waals surface area (Å²) in [6.07, 6.45) is 3.15. The number of nitrogens with two attached hydrogens (primary N) is 1. The van der Waals surface area contributed by atoms with E-state index in [-0.39, 0.29) is 5.91 Å². The lowest BCUT2D eigenvalue weighted by Gasteiger charge is -2.08. The van der Waals surface area contributed by atoms with Crippen LogP contribution in [0.3, 0.4) is 0 Å². The van der Waals surface area contributed by atoms with Gasteiger partial charge in [-0.3, -0.25) is 4.79 Å². The number of carbonyl (C=O) groups is 1. The SMILES string of the molecule is COc1cccc(/C=C/C(=O)Nc2ccc(OC)cc2N)c1. The van der Waals surface area contributed by atoms with Crippen LogP contribution in [-0.2, 0) is 4.79 Å². The predicted molar refractivity (Wildman–Crippen MR) is 88.1 cm³/mol. The van der Waals surface area contributed by atoms with Gasteiger partial charge in [0.2, 0.25) is 5.91 Å². The molecule has 0 saturated carbocycles. The maximum atomic E-state index is 11.9. The predicted octanol–water partition coefficient (Wildman–Crippen LogP) is 2.94. The molecule has 2 rings (SSSR count). The van der Waals surface area contributed by atoms with Gasteiger partial charge in [0, 0.05) is 12.1 Å². The number of hydrogen-bond acceptors (Lipinski definition) is 4. The summed E-state index contributed by atoms with van der Waals surface area (Å²) in [5.41, 5.74) is 7.72. The van der Waals surface area contributed by atoms with Gasteiger partial charge in [0.25, 0.3) is 0 Å². The first-order valence-electron chi connectivity index (χ1n) is 6.69. The summed E-state index contributed by atoms with van der Waals surface area (Å²) >= 11 is 0. The lowest BCUT2D eigenvalue weighted by Crippen LogP contribution is -2.09. The lowest BCUT2D eigenvalue weighted by molar-refractivity contribution is -0.111. The molecule has 0 aromatic heterocycles. The van der Waals surface area contributed by atoms with E-state index in [2.05, 4.69) is 5.32 Å². The standard InChI is InChI=1S/C17H18N2O3/c1-21-13-5-3-4-12(10-13)6-9-17(20)19-16-8-7-14(22-2)11-15(16)18/h3-11H,18H2,1-2H3,(H,19,20)/b9-6+. The highest BCUT2D eigenvalue weighted by Crippen LogP contribution is 2.24. The van der Waals surface area contributed by atoms with E-state index in [0.29, 0.717) is 17.1 Å². The van der Waals surface area contributed by atoms with E-state index in [1.54, 1.807) is 38.5 Å². The zero-order chi connectivity index (χ0) is 15.9. The summed E-state index contributed by atoms with van der Waals surface area (Å²) in [7, 11) is 3.16. The third-order valence-corrected chi connectivity index (χ3v) is 3.04. The molecule has 0 aliphatic heterocycles. The largest absolute Gasteiger partial charge is 0.497 e. The Morgan fingerprint density at radius 1 is 1.09 bits per heavy atom. The third-order valence-electron chi connectivity index (χ3n) is 3.04. The van der Waals surface area contributed by atoms with Crippen molar-refractivity contribution in [3.8, 4) is 11.5 Å². The first kappa shape index (κ1) is 15.4. The molecule has 2 aromatic carbocycles. The van der Waals surface area contributed by atoms with Crippen LogP contribution in [0.15, 0.2) is 48.5 Å². The number of methoxy groups -OCH3 is 2. The van der Waals surface area contributed by atoms with Gasteiger partial charge in [-0.25, -0.2) is 0 Å². The van der Waals surface area contributed by atoms with Crippen LogP contribution in [0, 0.1) is 0 Å². The number of benzene rings is 2. The van der Waals surface area contributed by atoms with Crippen molar-refractivity contribution in [2.75, 3.05) is 25.3 Å². The van der Waals surface area contributed by atoms with Gasteiger partial charge in [-0.2, -0.15) is 0 Å².